The minimum atomic E-state index is -0.193. The predicted molar refractivity (Wildman–Crippen MR) is 101 cm³/mol. The molecule has 3 aliphatic rings. The van der Waals surface area contributed by atoms with E-state index in [2.05, 4.69) is 21.8 Å². The summed E-state index contributed by atoms with van der Waals surface area (Å²) in [5, 5.41) is 22.1. The van der Waals surface area contributed by atoms with Gasteiger partial charge in [0.05, 0.1) is 24.4 Å². The molecular weight excluding hydrogens is 364 g/mol. The molecule has 5 rings (SSSR count). The molecule has 2 aromatic rings. The summed E-state index contributed by atoms with van der Waals surface area (Å²) in [5.41, 5.74) is 1.70. The van der Waals surface area contributed by atoms with Crippen LogP contribution in [0.3, 0.4) is 0 Å². The highest BCUT2D eigenvalue weighted by molar-refractivity contribution is 6.30. The minimum Gasteiger partial charge on any atom is -0.394 e. The summed E-state index contributed by atoms with van der Waals surface area (Å²) in [5.74, 6) is 1.92. The molecule has 142 valence electrons. The molecular formula is C20H23ClN4O2. The maximum atomic E-state index is 12.4. The fourth-order valence-electron chi connectivity index (χ4n) is 4.83. The Kier molecular flexibility index (Phi) is 4.20. The lowest BCUT2D eigenvalue weighted by molar-refractivity contribution is 0.0900. The Labute approximate surface area is 162 Å². The number of hydrogen-bond acceptors (Lipinski definition) is 4. The van der Waals surface area contributed by atoms with Gasteiger partial charge in [-0.15, -0.1) is 5.10 Å². The van der Waals surface area contributed by atoms with Crippen molar-refractivity contribution >= 4 is 17.5 Å². The van der Waals surface area contributed by atoms with Crippen LogP contribution in [0.4, 0.5) is 0 Å². The van der Waals surface area contributed by atoms with Gasteiger partial charge in [-0.1, -0.05) is 16.8 Å². The fourth-order valence-corrected chi connectivity index (χ4v) is 4.95. The Morgan fingerprint density at radius 3 is 2.59 bits per heavy atom. The van der Waals surface area contributed by atoms with Crippen molar-refractivity contribution in [3.63, 3.8) is 0 Å². The zero-order chi connectivity index (χ0) is 18.5. The van der Waals surface area contributed by atoms with Crippen molar-refractivity contribution in [2.75, 3.05) is 6.61 Å². The van der Waals surface area contributed by atoms with Gasteiger partial charge in [0.2, 0.25) is 0 Å². The Bertz CT molecular complexity index is 836. The van der Waals surface area contributed by atoms with Crippen LogP contribution >= 0.6 is 11.6 Å². The first-order chi connectivity index (χ1) is 13.1. The van der Waals surface area contributed by atoms with E-state index in [9.17, 15) is 9.90 Å². The lowest BCUT2D eigenvalue weighted by Crippen LogP contribution is -2.40. The summed E-state index contributed by atoms with van der Waals surface area (Å²) in [6, 6.07) is 7.03. The first-order valence-corrected chi connectivity index (χ1v) is 10.1. The maximum absolute atomic E-state index is 12.4. The second-order valence-electron chi connectivity index (χ2n) is 8.20. The number of rotatable bonds is 6. The van der Waals surface area contributed by atoms with Gasteiger partial charge in [-0.05, 0) is 67.7 Å². The zero-order valence-corrected chi connectivity index (χ0v) is 15.7. The monoisotopic (exact) mass is 386 g/mol. The second-order valence-corrected chi connectivity index (χ2v) is 8.63. The first kappa shape index (κ1) is 17.2. The van der Waals surface area contributed by atoms with Crippen LogP contribution in [0.15, 0.2) is 30.5 Å². The van der Waals surface area contributed by atoms with Gasteiger partial charge >= 0.3 is 0 Å². The molecule has 3 fully saturated rings. The second kappa shape index (κ2) is 6.60. The van der Waals surface area contributed by atoms with Crippen molar-refractivity contribution < 1.29 is 9.90 Å². The van der Waals surface area contributed by atoms with Crippen molar-refractivity contribution in [2.45, 2.75) is 43.7 Å². The molecule has 6 nitrogen and oxygen atoms in total. The fraction of sp³-hybridized carbons (Fsp3) is 0.550. The van der Waals surface area contributed by atoms with Crippen LogP contribution in [0.5, 0.6) is 0 Å². The number of carbonyl (C=O) groups is 1. The lowest BCUT2D eigenvalue weighted by atomic mass is 10.0. The van der Waals surface area contributed by atoms with E-state index in [1.54, 1.807) is 24.3 Å². The molecule has 27 heavy (non-hydrogen) atoms. The highest BCUT2D eigenvalue weighted by Crippen LogP contribution is 2.62. The summed E-state index contributed by atoms with van der Waals surface area (Å²) in [4.78, 5) is 12.4. The molecule has 2 N–H and O–H groups in total. The van der Waals surface area contributed by atoms with Crippen LogP contribution in [0, 0.1) is 17.8 Å². The van der Waals surface area contributed by atoms with E-state index in [0.717, 1.165) is 18.5 Å². The SMILES string of the molecule is O=C(NC(CO)C1[C@H]2CC(n3cc(C4CC4)nn3)C[C@@H]12)c1ccc(Cl)cc1. The van der Waals surface area contributed by atoms with Crippen molar-refractivity contribution in [1.82, 2.24) is 20.3 Å². The van der Waals surface area contributed by atoms with Gasteiger partial charge in [0.15, 0.2) is 0 Å². The summed E-state index contributed by atoms with van der Waals surface area (Å²) >= 11 is 5.88. The van der Waals surface area contributed by atoms with E-state index in [-0.39, 0.29) is 18.6 Å². The highest BCUT2D eigenvalue weighted by Gasteiger charge is 2.59. The Morgan fingerprint density at radius 1 is 1.26 bits per heavy atom. The highest BCUT2D eigenvalue weighted by atomic mass is 35.5. The molecule has 3 saturated carbocycles. The minimum absolute atomic E-state index is 0.0309. The molecule has 0 spiro atoms. The van der Waals surface area contributed by atoms with Crippen molar-refractivity contribution in [2.24, 2.45) is 17.8 Å². The number of amides is 1. The van der Waals surface area contributed by atoms with Gasteiger partial charge in [0, 0.05) is 22.7 Å². The number of fused-ring (bicyclic) bond motifs is 1. The number of nitrogens with zero attached hydrogens (tertiary/aromatic N) is 3. The molecule has 0 bridgehead atoms. The van der Waals surface area contributed by atoms with Gasteiger partial charge in [-0.2, -0.15) is 0 Å². The number of halogens is 1. The van der Waals surface area contributed by atoms with E-state index in [0.29, 0.717) is 40.3 Å². The summed E-state index contributed by atoms with van der Waals surface area (Å²) in [6.45, 7) is -0.0309. The van der Waals surface area contributed by atoms with Crippen molar-refractivity contribution in [3.05, 3.63) is 46.7 Å². The summed E-state index contributed by atoms with van der Waals surface area (Å²) < 4.78 is 2.04. The molecule has 1 aromatic heterocycles. The number of aliphatic hydroxyl groups excluding tert-OH is 1. The van der Waals surface area contributed by atoms with Gasteiger partial charge in [-0.25, -0.2) is 4.68 Å². The zero-order valence-electron chi connectivity index (χ0n) is 15.0. The predicted octanol–water partition coefficient (Wildman–Crippen LogP) is 2.80. The van der Waals surface area contributed by atoms with Crippen LogP contribution in [-0.4, -0.2) is 38.7 Å². The average Bonchev–Trinajstić information content (AvgIpc) is 3.53. The molecule has 7 heteroatoms. The number of benzene rings is 1. The van der Waals surface area contributed by atoms with Gasteiger partial charge in [-0.3, -0.25) is 4.79 Å². The smallest absolute Gasteiger partial charge is 0.251 e. The van der Waals surface area contributed by atoms with Gasteiger partial charge in [0.25, 0.3) is 5.91 Å². The number of hydrogen-bond donors (Lipinski definition) is 2. The Balaban J connectivity index is 1.19. The Hall–Kier alpha value is -1.92. The molecule has 5 atom stereocenters. The van der Waals surface area contributed by atoms with Crippen LogP contribution in [0.2, 0.25) is 5.02 Å². The third-order valence-electron chi connectivity index (χ3n) is 6.47. The summed E-state index contributed by atoms with van der Waals surface area (Å²) in [6.07, 6.45) is 6.70. The van der Waals surface area contributed by atoms with Crippen molar-refractivity contribution in [1.29, 1.82) is 0 Å². The van der Waals surface area contributed by atoms with Crippen LogP contribution < -0.4 is 5.32 Å². The van der Waals surface area contributed by atoms with E-state index in [1.165, 1.54) is 12.8 Å². The van der Waals surface area contributed by atoms with E-state index in [4.69, 9.17) is 11.6 Å². The molecule has 1 heterocycles. The quantitative estimate of drug-likeness (QED) is 0.800. The molecule has 0 radical (unpaired) electrons. The maximum Gasteiger partial charge on any atom is 0.251 e. The topological polar surface area (TPSA) is 80.0 Å². The standard InChI is InChI=1S/C20H23ClN4O2/c21-13-5-3-12(4-6-13)20(27)22-18(10-26)19-15-7-14(8-16(15)19)25-9-17(23-24-25)11-1-2-11/h3-6,9,11,14-16,18-19,26H,1-2,7-8,10H2,(H,22,27)/t14?,15-,16+,18?,19?. The molecule has 1 aromatic carbocycles. The van der Waals surface area contributed by atoms with Crippen LogP contribution in [0.1, 0.15) is 53.7 Å². The molecule has 3 aliphatic carbocycles. The van der Waals surface area contributed by atoms with Gasteiger partial charge < -0.3 is 10.4 Å². The largest absolute Gasteiger partial charge is 0.394 e. The number of nitrogens with one attached hydrogen (secondary N) is 1. The van der Waals surface area contributed by atoms with Crippen LogP contribution in [-0.2, 0) is 0 Å². The third-order valence-corrected chi connectivity index (χ3v) is 6.72. The molecule has 0 aliphatic heterocycles. The molecule has 3 unspecified atom stereocenters. The first-order valence-electron chi connectivity index (χ1n) is 9.73. The van der Waals surface area contributed by atoms with Gasteiger partial charge in [0.1, 0.15) is 0 Å². The third kappa shape index (κ3) is 3.25. The summed E-state index contributed by atoms with van der Waals surface area (Å²) in [7, 11) is 0. The molecule has 0 saturated heterocycles. The lowest BCUT2D eigenvalue weighted by Gasteiger charge is -2.21. The molecule has 1 amide bonds. The van der Waals surface area contributed by atoms with E-state index >= 15 is 0 Å². The van der Waals surface area contributed by atoms with Crippen LogP contribution in [0.25, 0.3) is 0 Å². The Morgan fingerprint density at radius 2 is 1.96 bits per heavy atom. The normalized spacial score (nSPS) is 30.0. The van der Waals surface area contributed by atoms with Crippen molar-refractivity contribution in [3.8, 4) is 0 Å². The van der Waals surface area contributed by atoms with E-state index in [1.807, 2.05) is 4.68 Å². The average molecular weight is 387 g/mol. The number of aromatic nitrogens is 3. The van der Waals surface area contributed by atoms with E-state index < -0.39 is 0 Å². The number of aliphatic hydroxyl groups is 1. The number of carbonyl (C=O) groups excluding carboxylic acids is 1.